The minimum absolute atomic E-state index is 0.190. The lowest BCUT2D eigenvalue weighted by Crippen LogP contribution is -2.45. The second kappa shape index (κ2) is 11.3. The van der Waals surface area contributed by atoms with Gasteiger partial charge in [0.15, 0.2) is 5.78 Å². The van der Waals surface area contributed by atoms with Gasteiger partial charge < -0.3 is 24.6 Å². The number of carbonyl (C=O) groups excluding carboxylic acids is 3. The highest BCUT2D eigenvalue weighted by molar-refractivity contribution is 6.39. The van der Waals surface area contributed by atoms with Crippen molar-refractivity contribution in [3.63, 3.8) is 0 Å². The summed E-state index contributed by atoms with van der Waals surface area (Å²) in [6.07, 6.45) is 3.21. The highest BCUT2D eigenvalue weighted by atomic mass is 16.5. The van der Waals surface area contributed by atoms with Crippen molar-refractivity contribution in [1.82, 2.24) is 9.88 Å². The number of aromatic nitrogens is 1. The zero-order valence-electron chi connectivity index (χ0n) is 20.4. The van der Waals surface area contributed by atoms with Gasteiger partial charge in [-0.05, 0) is 48.6 Å². The number of hydrogen-bond donors (Lipinski definition) is 1. The van der Waals surface area contributed by atoms with Crippen LogP contribution in [-0.4, -0.2) is 80.1 Å². The normalized spacial score (nSPS) is 16.2. The molecule has 0 bridgehead atoms. The van der Waals surface area contributed by atoms with Crippen LogP contribution in [0.4, 0.5) is 11.4 Å². The Hall–Kier alpha value is -4.08. The molecule has 1 aromatic heterocycles. The van der Waals surface area contributed by atoms with Gasteiger partial charge in [-0.1, -0.05) is 18.2 Å². The van der Waals surface area contributed by atoms with Crippen LogP contribution in [0.5, 0.6) is 0 Å². The molecule has 9 heteroatoms. The van der Waals surface area contributed by atoms with Crippen molar-refractivity contribution >= 4 is 46.0 Å². The molecule has 190 valence electrons. The first-order valence-corrected chi connectivity index (χ1v) is 12.3. The van der Waals surface area contributed by atoms with Crippen molar-refractivity contribution in [1.29, 1.82) is 0 Å². The lowest BCUT2D eigenvalue weighted by atomic mass is 10.1. The molecule has 1 N–H and O–H groups in total. The summed E-state index contributed by atoms with van der Waals surface area (Å²) in [4.78, 5) is 45.8. The number of morpholine rings is 2. The lowest BCUT2D eigenvalue weighted by molar-refractivity contribution is -0.145. The summed E-state index contributed by atoms with van der Waals surface area (Å²) >= 11 is 0. The predicted molar refractivity (Wildman–Crippen MR) is 141 cm³/mol. The van der Waals surface area contributed by atoms with Crippen molar-refractivity contribution in [3.05, 3.63) is 71.9 Å². The van der Waals surface area contributed by atoms with Crippen molar-refractivity contribution in [2.75, 3.05) is 62.8 Å². The molecule has 0 saturated carbocycles. The van der Waals surface area contributed by atoms with Crippen molar-refractivity contribution < 1.29 is 23.9 Å². The number of allylic oxidation sites excluding steroid dienone is 1. The van der Waals surface area contributed by atoms with Crippen LogP contribution in [0.3, 0.4) is 0 Å². The average Bonchev–Trinajstić information content (AvgIpc) is 2.96. The number of ketones is 1. The van der Waals surface area contributed by atoms with Crippen LogP contribution in [0.1, 0.15) is 16.1 Å². The number of anilines is 2. The molecule has 2 aliphatic rings. The molecule has 5 rings (SSSR count). The maximum Gasteiger partial charge on any atom is 0.313 e. The summed E-state index contributed by atoms with van der Waals surface area (Å²) in [5.74, 6) is -1.49. The van der Waals surface area contributed by atoms with E-state index in [1.807, 2.05) is 24.3 Å². The molecule has 9 nitrogen and oxygen atoms in total. The van der Waals surface area contributed by atoms with Gasteiger partial charge in [0.2, 0.25) is 0 Å². The molecule has 0 aliphatic carbocycles. The van der Waals surface area contributed by atoms with E-state index in [9.17, 15) is 14.4 Å². The van der Waals surface area contributed by atoms with Gasteiger partial charge in [-0.25, -0.2) is 4.98 Å². The molecule has 0 spiro atoms. The number of rotatable bonds is 5. The lowest BCUT2D eigenvalue weighted by Gasteiger charge is -2.30. The van der Waals surface area contributed by atoms with E-state index < -0.39 is 11.8 Å². The summed E-state index contributed by atoms with van der Waals surface area (Å²) in [6.45, 7) is 4.60. The first-order chi connectivity index (χ1) is 18.1. The third-order valence-corrected chi connectivity index (χ3v) is 6.39. The van der Waals surface area contributed by atoms with Crippen LogP contribution < -0.4 is 10.2 Å². The zero-order valence-corrected chi connectivity index (χ0v) is 20.4. The average molecular weight is 501 g/mol. The van der Waals surface area contributed by atoms with Crippen LogP contribution in [0.15, 0.2) is 60.7 Å². The Morgan fingerprint density at radius 2 is 1.54 bits per heavy atom. The van der Waals surface area contributed by atoms with Crippen LogP contribution in [0.2, 0.25) is 0 Å². The van der Waals surface area contributed by atoms with E-state index in [2.05, 4.69) is 16.3 Å². The number of hydrogen-bond acceptors (Lipinski definition) is 7. The number of para-hydroxylation sites is 1. The van der Waals surface area contributed by atoms with Crippen molar-refractivity contribution in [2.45, 2.75) is 0 Å². The Bertz CT molecular complexity index is 1330. The summed E-state index contributed by atoms with van der Waals surface area (Å²) in [7, 11) is 0. The van der Waals surface area contributed by atoms with E-state index in [0.29, 0.717) is 56.5 Å². The van der Waals surface area contributed by atoms with Crippen LogP contribution in [0.25, 0.3) is 17.0 Å². The number of amides is 2. The Morgan fingerprint density at radius 3 is 2.27 bits per heavy atom. The standard InChI is InChI=1S/C28H28N4O5/c33-26(20-5-7-21(8-6-20)30-27(34)28(35)32-13-17-37-18-14-32)10-9-22-19-25(31-11-15-36-16-12-31)23-3-1-2-4-24(23)29-22/h1-10,19H,11-18H2,(H,30,34). The number of carbonyl (C=O) groups is 3. The molecule has 2 aromatic carbocycles. The molecule has 2 aliphatic heterocycles. The molecule has 2 amide bonds. The second-order valence-electron chi connectivity index (χ2n) is 8.82. The van der Waals surface area contributed by atoms with Gasteiger partial charge in [-0.15, -0.1) is 0 Å². The maximum absolute atomic E-state index is 12.8. The first kappa shape index (κ1) is 24.6. The van der Waals surface area contributed by atoms with E-state index in [1.54, 1.807) is 30.3 Å². The van der Waals surface area contributed by atoms with Crippen molar-refractivity contribution in [3.8, 4) is 0 Å². The SMILES string of the molecule is O=C(Nc1ccc(C(=O)C=Cc2cc(N3CCOCC3)c3ccccc3n2)cc1)C(=O)N1CCOCC1. The maximum atomic E-state index is 12.8. The number of benzene rings is 2. The predicted octanol–water partition coefficient (Wildman–Crippen LogP) is 2.76. The number of pyridine rings is 1. The van der Waals surface area contributed by atoms with Gasteiger partial charge in [-0.3, -0.25) is 14.4 Å². The van der Waals surface area contributed by atoms with Crippen LogP contribution in [-0.2, 0) is 19.1 Å². The Kier molecular flexibility index (Phi) is 7.53. The fraction of sp³-hybridized carbons (Fsp3) is 0.286. The number of ether oxygens (including phenoxy) is 2. The molecule has 0 unspecified atom stereocenters. The molecule has 0 atom stereocenters. The monoisotopic (exact) mass is 500 g/mol. The summed E-state index contributed by atoms with van der Waals surface area (Å²) in [6, 6.07) is 16.4. The van der Waals surface area contributed by atoms with Crippen LogP contribution >= 0.6 is 0 Å². The van der Waals surface area contributed by atoms with Gasteiger partial charge >= 0.3 is 11.8 Å². The second-order valence-corrected chi connectivity index (χ2v) is 8.82. The highest BCUT2D eigenvalue weighted by Gasteiger charge is 2.23. The quantitative estimate of drug-likeness (QED) is 0.327. The molecule has 2 fully saturated rings. The summed E-state index contributed by atoms with van der Waals surface area (Å²) in [5.41, 5.74) is 3.54. The Balaban J connectivity index is 1.27. The van der Waals surface area contributed by atoms with Gasteiger partial charge in [0.05, 0.1) is 37.6 Å². The molecule has 2 saturated heterocycles. The Labute approximate surface area is 214 Å². The molecular weight excluding hydrogens is 472 g/mol. The van der Waals surface area contributed by atoms with Gasteiger partial charge in [0.25, 0.3) is 0 Å². The van der Waals surface area contributed by atoms with E-state index in [0.717, 1.165) is 29.7 Å². The number of fused-ring (bicyclic) bond motifs is 1. The fourth-order valence-electron chi connectivity index (χ4n) is 4.40. The number of nitrogens with zero attached hydrogens (tertiary/aromatic N) is 3. The topological polar surface area (TPSA) is 101 Å². The minimum Gasteiger partial charge on any atom is -0.378 e. The van der Waals surface area contributed by atoms with E-state index in [-0.39, 0.29) is 5.78 Å². The molecule has 37 heavy (non-hydrogen) atoms. The van der Waals surface area contributed by atoms with Gasteiger partial charge in [0, 0.05) is 48.5 Å². The van der Waals surface area contributed by atoms with Crippen LogP contribution in [0, 0.1) is 0 Å². The van der Waals surface area contributed by atoms with E-state index in [4.69, 9.17) is 14.5 Å². The van der Waals surface area contributed by atoms with E-state index >= 15 is 0 Å². The third-order valence-electron chi connectivity index (χ3n) is 6.39. The highest BCUT2D eigenvalue weighted by Crippen LogP contribution is 2.28. The van der Waals surface area contributed by atoms with Gasteiger partial charge in [-0.2, -0.15) is 0 Å². The molecule has 3 heterocycles. The summed E-state index contributed by atoms with van der Waals surface area (Å²) in [5, 5.41) is 3.66. The summed E-state index contributed by atoms with van der Waals surface area (Å²) < 4.78 is 10.7. The largest absolute Gasteiger partial charge is 0.378 e. The first-order valence-electron chi connectivity index (χ1n) is 12.3. The molecule has 3 aromatic rings. The zero-order chi connectivity index (χ0) is 25.6. The van der Waals surface area contributed by atoms with Crippen molar-refractivity contribution in [2.24, 2.45) is 0 Å². The van der Waals surface area contributed by atoms with Gasteiger partial charge in [0.1, 0.15) is 0 Å². The molecular formula is C28H28N4O5. The molecule has 0 radical (unpaired) electrons. The fourth-order valence-corrected chi connectivity index (χ4v) is 4.40. The third kappa shape index (κ3) is 5.84. The Morgan fingerprint density at radius 1 is 0.865 bits per heavy atom. The minimum atomic E-state index is -0.709. The number of nitrogens with one attached hydrogen (secondary N) is 1. The van der Waals surface area contributed by atoms with E-state index in [1.165, 1.54) is 11.0 Å². The smallest absolute Gasteiger partial charge is 0.313 e.